The van der Waals surface area contributed by atoms with Crippen molar-refractivity contribution >= 4 is 23.2 Å². The molecule has 1 aliphatic heterocycles. The summed E-state index contributed by atoms with van der Waals surface area (Å²) in [5.74, 6) is 0.535. The number of fused-ring (bicyclic) bond motifs is 1. The van der Waals surface area contributed by atoms with Crippen LogP contribution >= 0.6 is 11.6 Å². The highest BCUT2D eigenvalue weighted by Crippen LogP contribution is 2.42. The second-order valence-corrected chi connectivity index (χ2v) is 6.49. The molecule has 0 saturated heterocycles. The first kappa shape index (κ1) is 17.6. The van der Waals surface area contributed by atoms with Gasteiger partial charge in [0.05, 0.1) is 17.8 Å². The van der Waals surface area contributed by atoms with Gasteiger partial charge in [0.25, 0.3) is 0 Å². The van der Waals surface area contributed by atoms with Gasteiger partial charge in [0, 0.05) is 19.4 Å². The number of anilines is 1. The van der Waals surface area contributed by atoms with Crippen molar-refractivity contribution in [2.24, 2.45) is 0 Å². The number of hydrogen-bond acceptors (Lipinski definition) is 4. The van der Waals surface area contributed by atoms with E-state index in [1.165, 1.54) is 6.92 Å². The fraction of sp³-hybridized carbons (Fsp3) is 0.316. The maximum absolute atomic E-state index is 11.4. The molecule has 0 spiro atoms. The van der Waals surface area contributed by atoms with Crippen LogP contribution in [0.2, 0.25) is 5.02 Å². The molecule has 3 N–H and O–H groups in total. The number of carbonyl (C=O) groups excluding carboxylic acids is 1. The van der Waals surface area contributed by atoms with Crippen LogP contribution in [0.25, 0.3) is 0 Å². The van der Waals surface area contributed by atoms with Gasteiger partial charge < -0.3 is 20.5 Å². The highest BCUT2D eigenvalue weighted by atomic mass is 35.5. The van der Waals surface area contributed by atoms with Gasteiger partial charge in [-0.1, -0.05) is 23.7 Å². The van der Waals surface area contributed by atoms with E-state index in [1.54, 1.807) is 7.11 Å². The van der Waals surface area contributed by atoms with Crippen molar-refractivity contribution in [3.05, 3.63) is 52.0 Å². The van der Waals surface area contributed by atoms with Gasteiger partial charge in [0.2, 0.25) is 5.91 Å². The van der Waals surface area contributed by atoms with E-state index in [2.05, 4.69) is 10.6 Å². The zero-order chi connectivity index (χ0) is 18.0. The van der Waals surface area contributed by atoms with Gasteiger partial charge in [-0.15, -0.1) is 0 Å². The molecule has 25 heavy (non-hydrogen) atoms. The Morgan fingerprint density at radius 3 is 2.72 bits per heavy atom. The number of ether oxygens (including phenoxy) is 1. The maximum Gasteiger partial charge on any atom is 0.221 e. The lowest BCUT2D eigenvalue weighted by Crippen LogP contribution is -2.21. The quantitative estimate of drug-likeness (QED) is 0.734. The van der Waals surface area contributed by atoms with Gasteiger partial charge in [0.1, 0.15) is 5.75 Å². The van der Waals surface area contributed by atoms with Crippen LogP contribution < -0.4 is 15.4 Å². The molecular formula is C19H21ClN2O3. The van der Waals surface area contributed by atoms with Crippen molar-refractivity contribution in [3.8, 4) is 11.5 Å². The fourth-order valence-corrected chi connectivity index (χ4v) is 3.56. The molecule has 2 aromatic carbocycles. The largest absolute Gasteiger partial charge is 0.504 e. The van der Waals surface area contributed by atoms with E-state index in [0.29, 0.717) is 17.1 Å². The number of aromatic hydroxyl groups is 1. The van der Waals surface area contributed by atoms with Crippen molar-refractivity contribution in [1.29, 1.82) is 0 Å². The van der Waals surface area contributed by atoms with E-state index in [0.717, 1.165) is 35.5 Å². The van der Waals surface area contributed by atoms with E-state index in [1.807, 2.05) is 30.3 Å². The molecule has 132 valence electrons. The standard InChI is InChI=1S/C19H21ClN2O3/c1-11(23)22-17-9-15-14(18(20)19(17)24)7-8-21-10-16(15)12-3-5-13(25-2)6-4-12/h3-6,9,16,21,24H,7-8,10H2,1-2H3,(H,22,23). The molecule has 0 aliphatic carbocycles. The maximum atomic E-state index is 11.4. The van der Waals surface area contributed by atoms with Crippen LogP contribution in [0.15, 0.2) is 30.3 Å². The molecule has 1 heterocycles. The van der Waals surface area contributed by atoms with Crippen molar-refractivity contribution in [1.82, 2.24) is 5.32 Å². The fourth-order valence-electron chi connectivity index (χ4n) is 3.25. The number of carbonyl (C=O) groups is 1. The Hall–Kier alpha value is -2.24. The van der Waals surface area contributed by atoms with Crippen LogP contribution in [0.5, 0.6) is 11.5 Å². The number of hydrogen-bond donors (Lipinski definition) is 3. The van der Waals surface area contributed by atoms with Crippen molar-refractivity contribution < 1.29 is 14.6 Å². The number of amides is 1. The Labute approximate surface area is 152 Å². The third kappa shape index (κ3) is 3.57. The number of phenolic OH excluding ortho intramolecular Hbond substituents is 1. The predicted molar refractivity (Wildman–Crippen MR) is 98.8 cm³/mol. The Morgan fingerprint density at radius 1 is 1.36 bits per heavy atom. The summed E-state index contributed by atoms with van der Waals surface area (Å²) in [5, 5.41) is 16.7. The van der Waals surface area contributed by atoms with Crippen LogP contribution in [0.1, 0.15) is 29.5 Å². The zero-order valence-corrected chi connectivity index (χ0v) is 15.0. The smallest absolute Gasteiger partial charge is 0.221 e. The summed E-state index contributed by atoms with van der Waals surface area (Å²) in [4.78, 5) is 11.4. The molecule has 1 unspecified atom stereocenters. The number of methoxy groups -OCH3 is 1. The molecule has 0 saturated carbocycles. The van der Waals surface area contributed by atoms with E-state index in [9.17, 15) is 9.90 Å². The molecule has 2 aromatic rings. The zero-order valence-electron chi connectivity index (χ0n) is 14.2. The lowest BCUT2D eigenvalue weighted by atomic mass is 9.87. The Kier molecular flexibility index (Phi) is 5.16. The second-order valence-electron chi connectivity index (χ2n) is 6.12. The van der Waals surface area contributed by atoms with Crippen LogP contribution in [0.3, 0.4) is 0 Å². The van der Waals surface area contributed by atoms with Crippen LogP contribution in [-0.4, -0.2) is 31.2 Å². The lowest BCUT2D eigenvalue weighted by Gasteiger charge is -2.21. The Morgan fingerprint density at radius 2 is 2.08 bits per heavy atom. The van der Waals surface area contributed by atoms with Crippen LogP contribution in [0, 0.1) is 0 Å². The average Bonchev–Trinajstić information content (AvgIpc) is 2.82. The minimum atomic E-state index is -0.251. The molecule has 5 nitrogen and oxygen atoms in total. The predicted octanol–water partition coefficient (Wildman–Crippen LogP) is 3.29. The molecule has 1 amide bonds. The summed E-state index contributed by atoms with van der Waals surface area (Å²) < 4.78 is 5.23. The molecular weight excluding hydrogens is 340 g/mol. The Balaban J connectivity index is 2.11. The average molecular weight is 361 g/mol. The van der Waals surface area contributed by atoms with Crippen molar-refractivity contribution in [2.45, 2.75) is 19.3 Å². The molecule has 1 aliphatic rings. The molecule has 0 bridgehead atoms. The number of nitrogens with one attached hydrogen (secondary N) is 2. The summed E-state index contributed by atoms with van der Waals surface area (Å²) in [7, 11) is 1.64. The molecule has 6 heteroatoms. The monoisotopic (exact) mass is 360 g/mol. The summed E-state index contributed by atoms with van der Waals surface area (Å²) in [5.41, 5.74) is 3.39. The lowest BCUT2D eigenvalue weighted by molar-refractivity contribution is -0.114. The number of phenols is 1. The first-order chi connectivity index (χ1) is 12.0. The van der Waals surface area contributed by atoms with E-state index in [4.69, 9.17) is 16.3 Å². The topological polar surface area (TPSA) is 70.6 Å². The van der Waals surface area contributed by atoms with Gasteiger partial charge in [0.15, 0.2) is 5.75 Å². The molecule has 1 atom stereocenters. The molecule has 0 radical (unpaired) electrons. The first-order valence-corrected chi connectivity index (χ1v) is 8.55. The van der Waals surface area contributed by atoms with Gasteiger partial charge >= 0.3 is 0 Å². The minimum Gasteiger partial charge on any atom is -0.504 e. The summed E-state index contributed by atoms with van der Waals surface area (Å²) in [6, 6.07) is 9.74. The highest BCUT2D eigenvalue weighted by Gasteiger charge is 2.25. The normalized spacial score (nSPS) is 16.7. The summed E-state index contributed by atoms with van der Waals surface area (Å²) >= 11 is 6.42. The Bertz CT molecular complexity index is 790. The van der Waals surface area contributed by atoms with Gasteiger partial charge in [-0.3, -0.25) is 4.79 Å². The number of rotatable bonds is 3. The van der Waals surface area contributed by atoms with E-state index in [-0.39, 0.29) is 17.6 Å². The van der Waals surface area contributed by atoms with Crippen molar-refractivity contribution in [2.75, 3.05) is 25.5 Å². The van der Waals surface area contributed by atoms with Crippen LogP contribution in [-0.2, 0) is 11.2 Å². The molecule has 0 fully saturated rings. The van der Waals surface area contributed by atoms with Crippen LogP contribution in [0.4, 0.5) is 5.69 Å². The third-order valence-corrected chi connectivity index (χ3v) is 4.89. The number of halogens is 1. The second kappa shape index (κ2) is 7.33. The number of benzene rings is 2. The summed E-state index contributed by atoms with van der Waals surface area (Å²) in [6.07, 6.45) is 0.717. The van der Waals surface area contributed by atoms with Gasteiger partial charge in [-0.25, -0.2) is 0 Å². The van der Waals surface area contributed by atoms with E-state index < -0.39 is 0 Å². The molecule has 0 aromatic heterocycles. The van der Waals surface area contributed by atoms with Gasteiger partial charge in [-0.2, -0.15) is 0 Å². The molecule has 3 rings (SSSR count). The van der Waals surface area contributed by atoms with Crippen molar-refractivity contribution in [3.63, 3.8) is 0 Å². The summed E-state index contributed by atoms with van der Waals surface area (Å²) in [6.45, 7) is 2.93. The highest BCUT2D eigenvalue weighted by molar-refractivity contribution is 6.33. The minimum absolute atomic E-state index is 0.0639. The first-order valence-electron chi connectivity index (χ1n) is 8.17. The van der Waals surface area contributed by atoms with E-state index >= 15 is 0 Å². The van der Waals surface area contributed by atoms with Gasteiger partial charge in [-0.05, 0) is 47.9 Å². The SMILES string of the molecule is COc1ccc(C2CNCCc3c2cc(NC(C)=O)c(O)c3Cl)cc1. The third-order valence-electron chi connectivity index (χ3n) is 4.48.